The van der Waals surface area contributed by atoms with Crippen molar-refractivity contribution in [1.29, 1.82) is 0 Å². The fourth-order valence-corrected chi connectivity index (χ4v) is 3.33. The maximum Gasteiger partial charge on any atom is 0.135 e. The van der Waals surface area contributed by atoms with Crippen LogP contribution in [0.3, 0.4) is 0 Å². The number of halogens is 2. The maximum atomic E-state index is 10.6. The fraction of sp³-hybridized carbons (Fsp3) is 0.0526. The van der Waals surface area contributed by atoms with Crippen molar-refractivity contribution in [2.45, 2.75) is 6.10 Å². The molecule has 0 spiro atoms. The Balaban J connectivity index is 1.83. The third kappa shape index (κ3) is 2.49. The van der Waals surface area contributed by atoms with Crippen molar-refractivity contribution in [3.8, 4) is 0 Å². The van der Waals surface area contributed by atoms with Gasteiger partial charge in [0, 0.05) is 26.4 Å². The van der Waals surface area contributed by atoms with Crippen molar-refractivity contribution in [3.63, 3.8) is 0 Å². The van der Waals surface area contributed by atoms with Crippen molar-refractivity contribution < 1.29 is 9.52 Å². The van der Waals surface area contributed by atoms with Gasteiger partial charge in [-0.3, -0.25) is 0 Å². The number of rotatable bonds is 2. The lowest BCUT2D eigenvalue weighted by Crippen LogP contribution is -2.00. The van der Waals surface area contributed by atoms with E-state index >= 15 is 0 Å². The summed E-state index contributed by atoms with van der Waals surface area (Å²) in [6.45, 7) is 0. The highest BCUT2D eigenvalue weighted by atomic mass is 35.5. The Bertz CT molecular complexity index is 1020. The van der Waals surface area contributed by atoms with Crippen LogP contribution in [-0.4, -0.2) is 5.11 Å². The number of aliphatic hydroxyl groups is 1. The van der Waals surface area contributed by atoms with Gasteiger partial charge in [0.15, 0.2) is 0 Å². The second-order valence-electron chi connectivity index (χ2n) is 5.42. The van der Waals surface area contributed by atoms with E-state index in [1.807, 2.05) is 42.5 Å². The van der Waals surface area contributed by atoms with E-state index in [9.17, 15) is 5.11 Å². The third-order valence-electron chi connectivity index (χ3n) is 3.98. The summed E-state index contributed by atoms with van der Waals surface area (Å²) in [5.74, 6) is 0. The molecular formula is C19H12Cl2O2. The van der Waals surface area contributed by atoms with Crippen LogP contribution in [0.2, 0.25) is 10.0 Å². The van der Waals surface area contributed by atoms with Gasteiger partial charge in [0.25, 0.3) is 0 Å². The summed E-state index contributed by atoms with van der Waals surface area (Å²) in [5, 5.41) is 13.7. The fourth-order valence-electron chi connectivity index (χ4n) is 2.82. The molecule has 23 heavy (non-hydrogen) atoms. The highest BCUT2D eigenvalue weighted by Crippen LogP contribution is 2.34. The molecule has 0 unspecified atom stereocenters. The van der Waals surface area contributed by atoms with Gasteiger partial charge in [0.05, 0.1) is 0 Å². The van der Waals surface area contributed by atoms with Gasteiger partial charge in [0.2, 0.25) is 0 Å². The van der Waals surface area contributed by atoms with Crippen LogP contribution in [-0.2, 0) is 0 Å². The predicted octanol–water partition coefficient (Wildman–Crippen LogP) is 5.97. The molecule has 0 aliphatic carbocycles. The zero-order valence-electron chi connectivity index (χ0n) is 12.0. The molecule has 4 heteroatoms. The standard InChI is InChI=1S/C19H12Cl2O2/c20-12-6-8-15(16(21)10-12)19(22)11-5-7-14-13-3-1-2-4-17(13)23-18(14)9-11/h1-10,19,22H/t19-/m0/s1. The Hall–Kier alpha value is -2.00. The SMILES string of the molecule is O[C@@H](c1ccc2c(c1)oc1ccccc12)c1ccc(Cl)cc1Cl. The van der Waals surface area contributed by atoms with Gasteiger partial charge in [-0.25, -0.2) is 0 Å². The van der Waals surface area contributed by atoms with E-state index in [1.54, 1.807) is 18.2 Å². The zero-order chi connectivity index (χ0) is 16.0. The minimum Gasteiger partial charge on any atom is -0.456 e. The van der Waals surface area contributed by atoms with Crippen LogP contribution >= 0.6 is 23.2 Å². The molecule has 0 aliphatic rings. The summed E-state index contributed by atoms with van der Waals surface area (Å²) in [6.07, 6.45) is -0.836. The Morgan fingerprint density at radius 2 is 1.61 bits per heavy atom. The van der Waals surface area contributed by atoms with Crippen molar-refractivity contribution >= 4 is 45.1 Å². The topological polar surface area (TPSA) is 33.4 Å². The first kappa shape index (κ1) is 14.6. The summed E-state index contributed by atoms with van der Waals surface area (Å²) < 4.78 is 5.86. The number of para-hydroxylation sites is 1. The van der Waals surface area contributed by atoms with Gasteiger partial charge in [-0.15, -0.1) is 0 Å². The Labute approximate surface area is 142 Å². The van der Waals surface area contributed by atoms with Crippen molar-refractivity contribution in [2.75, 3.05) is 0 Å². The predicted molar refractivity (Wildman–Crippen MR) is 94.2 cm³/mol. The summed E-state index contributed by atoms with van der Waals surface area (Å²) in [7, 11) is 0. The van der Waals surface area contributed by atoms with Crippen LogP contribution < -0.4 is 0 Å². The van der Waals surface area contributed by atoms with Gasteiger partial charge in [0.1, 0.15) is 17.3 Å². The minimum absolute atomic E-state index is 0.440. The van der Waals surface area contributed by atoms with Crippen molar-refractivity contribution in [2.24, 2.45) is 0 Å². The maximum absolute atomic E-state index is 10.6. The highest BCUT2D eigenvalue weighted by molar-refractivity contribution is 6.35. The lowest BCUT2D eigenvalue weighted by Gasteiger charge is -2.13. The summed E-state index contributed by atoms with van der Waals surface area (Å²) >= 11 is 12.1. The molecule has 1 atom stereocenters. The smallest absolute Gasteiger partial charge is 0.135 e. The number of benzene rings is 3. The quantitative estimate of drug-likeness (QED) is 0.486. The molecule has 4 aromatic rings. The van der Waals surface area contributed by atoms with Gasteiger partial charge in [-0.1, -0.05) is 59.6 Å². The normalized spacial score (nSPS) is 12.8. The molecule has 0 fully saturated rings. The highest BCUT2D eigenvalue weighted by Gasteiger charge is 2.16. The molecule has 0 radical (unpaired) electrons. The van der Waals surface area contributed by atoms with Gasteiger partial charge < -0.3 is 9.52 Å². The number of aliphatic hydroxyl groups excluding tert-OH is 1. The molecular weight excluding hydrogens is 331 g/mol. The lowest BCUT2D eigenvalue weighted by molar-refractivity contribution is 0.220. The number of hydrogen-bond acceptors (Lipinski definition) is 2. The molecule has 0 saturated heterocycles. The van der Waals surface area contributed by atoms with E-state index in [0.717, 1.165) is 27.5 Å². The average molecular weight is 343 g/mol. The van der Waals surface area contributed by atoms with Crippen LogP contribution in [0.1, 0.15) is 17.2 Å². The molecule has 2 nitrogen and oxygen atoms in total. The molecule has 4 rings (SSSR count). The van der Waals surface area contributed by atoms with E-state index in [4.69, 9.17) is 27.6 Å². The second kappa shape index (κ2) is 5.57. The van der Waals surface area contributed by atoms with Gasteiger partial charge >= 0.3 is 0 Å². The second-order valence-corrected chi connectivity index (χ2v) is 6.27. The summed E-state index contributed by atoms with van der Waals surface area (Å²) in [5.41, 5.74) is 2.92. The monoisotopic (exact) mass is 342 g/mol. The molecule has 0 bridgehead atoms. The third-order valence-corrected chi connectivity index (χ3v) is 4.54. The first-order chi connectivity index (χ1) is 11.1. The Morgan fingerprint density at radius 1 is 0.826 bits per heavy atom. The van der Waals surface area contributed by atoms with Crippen LogP contribution in [0.25, 0.3) is 21.9 Å². The van der Waals surface area contributed by atoms with E-state index in [0.29, 0.717) is 15.6 Å². The molecule has 0 amide bonds. The largest absolute Gasteiger partial charge is 0.456 e. The first-order valence-electron chi connectivity index (χ1n) is 7.18. The van der Waals surface area contributed by atoms with Crippen LogP contribution in [0, 0.1) is 0 Å². The molecule has 0 aliphatic heterocycles. The molecule has 3 aromatic carbocycles. The molecule has 1 aromatic heterocycles. The summed E-state index contributed by atoms with van der Waals surface area (Å²) in [4.78, 5) is 0. The number of hydrogen-bond donors (Lipinski definition) is 1. The first-order valence-corrected chi connectivity index (χ1v) is 7.93. The van der Waals surface area contributed by atoms with E-state index in [2.05, 4.69) is 0 Å². The Kier molecular flexibility index (Phi) is 3.53. The van der Waals surface area contributed by atoms with E-state index in [1.165, 1.54) is 0 Å². The molecule has 1 heterocycles. The molecule has 1 N–H and O–H groups in total. The van der Waals surface area contributed by atoms with Crippen LogP contribution in [0.5, 0.6) is 0 Å². The average Bonchev–Trinajstić information content (AvgIpc) is 2.92. The van der Waals surface area contributed by atoms with Crippen LogP contribution in [0.4, 0.5) is 0 Å². The Morgan fingerprint density at radius 3 is 2.43 bits per heavy atom. The summed E-state index contributed by atoms with van der Waals surface area (Å²) in [6, 6.07) is 18.6. The zero-order valence-corrected chi connectivity index (χ0v) is 13.5. The van der Waals surface area contributed by atoms with E-state index in [-0.39, 0.29) is 0 Å². The minimum atomic E-state index is -0.836. The molecule has 114 valence electrons. The number of fused-ring (bicyclic) bond motifs is 3. The van der Waals surface area contributed by atoms with Gasteiger partial charge in [-0.2, -0.15) is 0 Å². The van der Waals surface area contributed by atoms with E-state index < -0.39 is 6.10 Å². The number of furan rings is 1. The van der Waals surface area contributed by atoms with Crippen LogP contribution in [0.15, 0.2) is 65.1 Å². The lowest BCUT2D eigenvalue weighted by atomic mass is 10.00. The molecule has 0 saturated carbocycles. The van der Waals surface area contributed by atoms with Gasteiger partial charge in [-0.05, 0) is 29.8 Å². The van der Waals surface area contributed by atoms with Crippen molar-refractivity contribution in [1.82, 2.24) is 0 Å². The van der Waals surface area contributed by atoms with Crippen molar-refractivity contribution in [3.05, 3.63) is 81.8 Å².